The summed E-state index contributed by atoms with van der Waals surface area (Å²) < 4.78 is 42.6. The van der Waals surface area contributed by atoms with Crippen molar-refractivity contribution in [1.82, 2.24) is 4.90 Å². The van der Waals surface area contributed by atoms with Crippen LogP contribution in [0.4, 0.5) is 13.6 Å². The molecule has 1 aliphatic rings. The minimum Gasteiger partial charge on any atom is -0.464 e. The van der Waals surface area contributed by atoms with Gasteiger partial charge in [-0.1, -0.05) is 20.8 Å². The number of hydrogen-bond donors (Lipinski definition) is 0. The topological polar surface area (TPSA) is 65.1 Å². The zero-order valence-corrected chi connectivity index (χ0v) is 16.0. The summed E-state index contributed by atoms with van der Waals surface area (Å²) in [5.41, 5.74) is -3.38. The van der Waals surface area contributed by atoms with E-state index in [0.29, 0.717) is 0 Å². The van der Waals surface area contributed by atoms with Crippen LogP contribution in [0.2, 0.25) is 0 Å². The molecule has 1 heterocycles. The van der Waals surface area contributed by atoms with Crippen LogP contribution in [0.25, 0.3) is 0 Å². The largest absolute Gasteiger partial charge is 0.464 e. The van der Waals surface area contributed by atoms with Crippen molar-refractivity contribution in [2.75, 3.05) is 13.2 Å². The minimum absolute atomic E-state index is 0.00612. The maximum atomic E-state index is 13.3. The molecule has 0 bridgehead atoms. The molecule has 1 saturated heterocycles. The first-order valence-corrected chi connectivity index (χ1v) is 8.34. The molecule has 1 amide bonds. The van der Waals surface area contributed by atoms with Crippen molar-refractivity contribution >= 4 is 12.1 Å². The van der Waals surface area contributed by atoms with Crippen molar-refractivity contribution in [3.8, 4) is 0 Å². The maximum absolute atomic E-state index is 13.3. The van der Waals surface area contributed by atoms with Gasteiger partial charge in [0.15, 0.2) is 5.54 Å². The highest BCUT2D eigenvalue weighted by molar-refractivity contribution is 5.87. The lowest BCUT2D eigenvalue weighted by molar-refractivity contribution is -0.159. The Bertz CT molecular complexity index is 498. The van der Waals surface area contributed by atoms with Crippen LogP contribution >= 0.6 is 0 Å². The molecule has 0 aromatic heterocycles. The lowest BCUT2D eigenvalue weighted by Crippen LogP contribution is -2.61. The third-order valence-corrected chi connectivity index (χ3v) is 3.65. The van der Waals surface area contributed by atoms with Gasteiger partial charge in [0.1, 0.15) is 11.8 Å². The Kier molecular flexibility index (Phi) is 6.42. The third-order valence-electron chi connectivity index (χ3n) is 3.65. The highest BCUT2D eigenvalue weighted by atomic mass is 19.3. The average molecular weight is 365 g/mol. The van der Waals surface area contributed by atoms with E-state index in [-0.39, 0.29) is 13.2 Å². The second-order valence-electron chi connectivity index (χ2n) is 8.23. The van der Waals surface area contributed by atoms with Crippen molar-refractivity contribution in [1.29, 1.82) is 0 Å². The van der Waals surface area contributed by atoms with Crippen LogP contribution in [-0.4, -0.2) is 54.0 Å². The number of alkyl halides is 2. The summed E-state index contributed by atoms with van der Waals surface area (Å²) in [4.78, 5) is 26.4. The van der Waals surface area contributed by atoms with Crippen LogP contribution in [0.15, 0.2) is 0 Å². The first kappa shape index (κ1) is 21.6. The molecule has 8 heteroatoms. The number of carbonyl (C=O) groups excluding carboxylic acids is 2. The van der Waals surface area contributed by atoms with E-state index in [1.807, 2.05) is 0 Å². The minimum atomic E-state index is -2.82. The van der Waals surface area contributed by atoms with E-state index in [1.165, 1.54) is 0 Å². The second kappa shape index (κ2) is 7.43. The molecule has 2 atom stereocenters. The smallest absolute Gasteiger partial charge is 0.413 e. The van der Waals surface area contributed by atoms with Crippen LogP contribution in [0.1, 0.15) is 54.9 Å². The number of carbonyl (C=O) groups is 2. The zero-order chi connectivity index (χ0) is 19.6. The molecule has 0 aromatic carbocycles. The normalized spacial score (nSPS) is 24.6. The Balaban J connectivity index is 3.40. The first-order chi connectivity index (χ1) is 11.2. The molecule has 146 valence electrons. The summed E-state index contributed by atoms with van der Waals surface area (Å²) in [6, 6.07) is 0. The van der Waals surface area contributed by atoms with Crippen LogP contribution < -0.4 is 0 Å². The molecular formula is C17H29F2NO5. The molecule has 0 aromatic rings. The lowest BCUT2D eigenvalue weighted by atomic mass is 9.89. The highest BCUT2D eigenvalue weighted by Gasteiger charge is 2.60. The van der Waals surface area contributed by atoms with E-state index < -0.39 is 47.7 Å². The van der Waals surface area contributed by atoms with Gasteiger partial charge in [-0.3, -0.25) is 4.90 Å². The van der Waals surface area contributed by atoms with Crippen molar-refractivity contribution in [2.24, 2.45) is 5.41 Å². The van der Waals surface area contributed by atoms with Gasteiger partial charge in [-0.05, 0) is 27.7 Å². The summed E-state index contributed by atoms with van der Waals surface area (Å²) in [5.74, 6) is -0.909. The Morgan fingerprint density at radius 3 is 2.20 bits per heavy atom. The number of hydrogen-bond acceptors (Lipinski definition) is 5. The van der Waals surface area contributed by atoms with E-state index in [2.05, 4.69) is 0 Å². The van der Waals surface area contributed by atoms with E-state index in [4.69, 9.17) is 14.2 Å². The SMILES string of the molecule is CCOC(=O)C1(CC(F)F)COC(C(C)(C)C)N1C(=O)OC(C)(C)C. The highest BCUT2D eigenvalue weighted by Crippen LogP contribution is 2.41. The first-order valence-electron chi connectivity index (χ1n) is 8.34. The molecule has 0 N–H and O–H groups in total. The summed E-state index contributed by atoms with van der Waals surface area (Å²) in [6.07, 6.45) is -5.47. The zero-order valence-electron chi connectivity index (χ0n) is 16.0. The monoisotopic (exact) mass is 365 g/mol. The maximum Gasteiger partial charge on any atom is 0.413 e. The molecule has 1 rings (SSSR count). The van der Waals surface area contributed by atoms with Crippen molar-refractivity contribution in [2.45, 2.75) is 78.7 Å². The van der Waals surface area contributed by atoms with E-state index >= 15 is 0 Å². The summed E-state index contributed by atoms with van der Waals surface area (Å²) in [7, 11) is 0. The van der Waals surface area contributed by atoms with Gasteiger partial charge in [-0.2, -0.15) is 0 Å². The number of ether oxygens (including phenoxy) is 3. The quantitative estimate of drug-likeness (QED) is 0.713. The average Bonchev–Trinajstić information content (AvgIpc) is 2.76. The number of halogens is 2. The van der Waals surface area contributed by atoms with Crippen molar-refractivity contribution < 1.29 is 32.6 Å². The standard InChI is InChI=1S/C17H29F2NO5/c1-8-23-13(21)17(9-11(18)19)10-24-12(15(2,3)4)20(17)14(22)25-16(5,6)7/h11-12H,8-10H2,1-7H3. The van der Waals surface area contributed by atoms with Gasteiger partial charge in [0.05, 0.1) is 13.2 Å². The molecule has 0 saturated carbocycles. The van der Waals surface area contributed by atoms with Crippen LogP contribution in [-0.2, 0) is 19.0 Å². The lowest BCUT2D eigenvalue weighted by Gasteiger charge is -2.41. The molecular weight excluding hydrogens is 336 g/mol. The van der Waals surface area contributed by atoms with E-state index in [1.54, 1.807) is 48.5 Å². The van der Waals surface area contributed by atoms with Crippen molar-refractivity contribution in [3.05, 3.63) is 0 Å². The van der Waals surface area contributed by atoms with Gasteiger partial charge in [0.25, 0.3) is 0 Å². The van der Waals surface area contributed by atoms with E-state index in [0.717, 1.165) is 4.90 Å². The fourth-order valence-electron chi connectivity index (χ4n) is 2.72. The predicted molar refractivity (Wildman–Crippen MR) is 87.3 cm³/mol. The molecule has 25 heavy (non-hydrogen) atoms. The third kappa shape index (κ3) is 5.03. The summed E-state index contributed by atoms with van der Waals surface area (Å²) >= 11 is 0. The molecule has 6 nitrogen and oxygen atoms in total. The Hall–Kier alpha value is -1.44. The number of amides is 1. The van der Waals surface area contributed by atoms with Gasteiger partial charge < -0.3 is 14.2 Å². The van der Waals surface area contributed by atoms with Gasteiger partial charge in [0, 0.05) is 11.8 Å². The second-order valence-corrected chi connectivity index (χ2v) is 8.23. The Morgan fingerprint density at radius 1 is 1.24 bits per heavy atom. The molecule has 0 radical (unpaired) electrons. The molecule has 0 aliphatic carbocycles. The van der Waals surface area contributed by atoms with Gasteiger partial charge in [-0.15, -0.1) is 0 Å². The van der Waals surface area contributed by atoms with Gasteiger partial charge >= 0.3 is 12.1 Å². The van der Waals surface area contributed by atoms with Crippen molar-refractivity contribution in [3.63, 3.8) is 0 Å². The fourth-order valence-corrected chi connectivity index (χ4v) is 2.72. The van der Waals surface area contributed by atoms with Gasteiger partial charge in [0.2, 0.25) is 6.43 Å². The number of rotatable bonds is 4. The van der Waals surface area contributed by atoms with Crippen LogP contribution in [0.5, 0.6) is 0 Å². The fraction of sp³-hybridized carbons (Fsp3) is 0.882. The number of nitrogens with zero attached hydrogens (tertiary/aromatic N) is 1. The molecule has 1 aliphatic heterocycles. The van der Waals surface area contributed by atoms with Crippen LogP contribution in [0.3, 0.4) is 0 Å². The predicted octanol–water partition coefficient (Wildman–Crippen LogP) is 3.58. The molecule has 2 unspecified atom stereocenters. The Labute approximate surface area is 147 Å². The van der Waals surface area contributed by atoms with Crippen LogP contribution in [0, 0.1) is 5.41 Å². The Morgan fingerprint density at radius 2 is 1.80 bits per heavy atom. The molecule has 0 spiro atoms. The summed E-state index contributed by atoms with van der Waals surface area (Å²) in [6.45, 7) is 11.6. The molecule has 1 fully saturated rings. The van der Waals surface area contributed by atoms with E-state index in [9.17, 15) is 18.4 Å². The van der Waals surface area contributed by atoms with Gasteiger partial charge in [-0.25, -0.2) is 18.4 Å². The summed E-state index contributed by atoms with van der Waals surface area (Å²) in [5, 5.41) is 0. The number of esters is 1.